The fourth-order valence-corrected chi connectivity index (χ4v) is 3.51. The molecule has 33 heavy (non-hydrogen) atoms. The number of hydrogen-bond donors (Lipinski definition) is 1. The predicted molar refractivity (Wildman–Crippen MR) is 110 cm³/mol. The Labute approximate surface area is 185 Å². The van der Waals surface area contributed by atoms with E-state index in [1.54, 1.807) is 24.3 Å². The fraction of sp³-hybridized carbons (Fsp3) is 0.0435. The summed E-state index contributed by atoms with van der Waals surface area (Å²) in [6, 6.07) is 12.6. The van der Waals surface area contributed by atoms with E-state index in [0.29, 0.717) is 11.5 Å². The fourth-order valence-electron chi connectivity index (χ4n) is 3.51. The molecule has 1 saturated heterocycles. The van der Waals surface area contributed by atoms with E-state index in [2.05, 4.69) is 5.32 Å². The van der Waals surface area contributed by atoms with E-state index in [0.717, 1.165) is 4.90 Å². The van der Waals surface area contributed by atoms with Crippen LogP contribution in [0.3, 0.4) is 0 Å². The molecule has 164 valence electrons. The molecule has 2 aliphatic rings. The van der Waals surface area contributed by atoms with Gasteiger partial charge in [-0.15, -0.1) is 0 Å². The van der Waals surface area contributed by atoms with Crippen LogP contribution >= 0.6 is 0 Å². The number of barbiturate groups is 1. The molecule has 0 aliphatic carbocycles. The molecule has 2 aliphatic heterocycles. The third kappa shape index (κ3) is 3.49. The number of carboxylic acids is 1. The van der Waals surface area contributed by atoms with Gasteiger partial charge in [-0.2, -0.15) is 0 Å². The molecule has 5 rings (SSSR count). The molecule has 10 heteroatoms. The van der Waals surface area contributed by atoms with Crippen LogP contribution < -0.4 is 24.8 Å². The number of carbonyl (C=O) groups excluding carboxylic acids is 4. The smallest absolute Gasteiger partial charge is 0.335 e. The zero-order valence-corrected chi connectivity index (χ0v) is 16.7. The van der Waals surface area contributed by atoms with Crippen molar-refractivity contribution in [3.8, 4) is 22.8 Å². The van der Waals surface area contributed by atoms with Crippen LogP contribution in [0.1, 0.15) is 16.1 Å². The standard InChI is InChI=1S/C23H14N2O8/c26-20-16(10-13-6-8-17(33-13)14-3-1-2-4-15(14)22(28)29)21(27)25(23(30)24-20)12-5-7-18-19(9-12)32-11-31-18/h1-10H,11H2,(H,28,29)(H,24,26,30)/p-1/b16-10+. The number of carbonyl (C=O) groups is 4. The summed E-state index contributed by atoms with van der Waals surface area (Å²) in [6.45, 7) is 0.0183. The number of hydrogen-bond acceptors (Lipinski definition) is 8. The molecule has 0 spiro atoms. The number of ether oxygens (including phenoxy) is 2. The number of amides is 4. The number of carboxylic acid groups (broad SMARTS) is 1. The number of nitrogens with one attached hydrogen (secondary N) is 1. The summed E-state index contributed by atoms with van der Waals surface area (Å²) >= 11 is 0. The average molecular weight is 445 g/mol. The Morgan fingerprint density at radius 2 is 1.79 bits per heavy atom. The van der Waals surface area contributed by atoms with E-state index in [9.17, 15) is 24.3 Å². The highest BCUT2D eigenvalue weighted by molar-refractivity contribution is 6.39. The Balaban J connectivity index is 1.49. The first-order valence-corrected chi connectivity index (χ1v) is 9.64. The molecule has 4 amide bonds. The Morgan fingerprint density at radius 1 is 1.00 bits per heavy atom. The van der Waals surface area contributed by atoms with Crippen molar-refractivity contribution in [2.75, 3.05) is 11.7 Å². The second-order valence-corrected chi connectivity index (χ2v) is 7.03. The third-order valence-electron chi connectivity index (χ3n) is 5.04. The number of benzene rings is 2. The van der Waals surface area contributed by atoms with Crippen molar-refractivity contribution in [2.24, 2.45) is 0 Å². The topological polar surface area (TPSA) is 138 Å². The van der Waals surface area contributed by atoms with Crippen molar-refractivity contribution < 1.29 is 38.2 Å². The van der Waals surface area contributed by atoms with Gasteiger partial charge in [-0.1, -0.05) is 24.3 Å². The number of nitrogens with zero attached hydrogens (tertiary/aromatic N) is 1. The predicted octanol–water partition coefficient (Wildman–Crippen LogP) is 1.71. The first-order chi connectivity index (χ1) is 15.9. The van der Waals surface area contributed by atoms with Crippen LogP contribution in [0.5, 0.6) is 11.5 Å². The van der Waals surface area contributed by atoms with Crippen molar-refractivity contribution in [3.63, 3.8) is 0 Å². The SMILES string of the molecule is O=C1NC(=O)N(c2ccc3c(c2)OCO3)C(=O)/C1=C/c1ccc(-c2ccccc2C(=O)[O-])o1. The van der Waals surface area contributed by atoms with Gasteiger partial charge in [0.05, 0.1) is 11.7 Å². The lowest BCUT2D eigenvalue weighted by Crippen LogP contribution is -2.54. The van der Waals surface area contributed by atoms with E-state index in [4.69, 9.17) is 13.9 Å². The van der Waals surface area contributed by atoms with E-state index < -0.39 is 23.8 Å². The van der Waals surface area contributed by atoms with Crippen molar-refractivity contribution in [3.05, 3.63) is 71.5 Å². The highest BCUT2D eigenvalue weighted by Gasteiger charge is 2.37. The van der Waals surface area contributed by atoms with Gasteiger partial charge in [0.2, 0.25) is 6.79 Å². The van der Waals surface area contributed by atoms with Crippen LogP contribution in [0.15, 0.2) is 64.6 Å². The summed E-state index contributed by atoms with van der Waals surface area (Å²) < 4.78 is 16.2. The lowest BCUT2D eigenvalue weighted by atomic mass is 10.1. The monoisotopic (exact) mass is 445 g/mol. The number of rotatable bonds is 4. The Bertz CT molecular complexity index is 1370. The van der Waals surface area contributed by atoms with Gasteiger partial charge in [0.25, 0.3) is 11.8 Å². The summed E-state index contributed by atoms with van der Waals surface area (Å²) in [7, 11) is 0. The van der Waals surface area contributed by atoms with E-state index in [1.165, 1.54) is 36.4 Å². The lowest BCUT2D eigenvalue weighted by molar-refractivity contribution is -0.255. The molecule has 2 aromatic carbocycles. The van der Waals surface area contributed by atoms with Crippen molar-refractivity contribution in [1.82, 2.24) is 5.32 Å². The lowest BCUT2D eigenvalue weighted by Gasteiger charge is -2.26. The van der Waals surface area contributed by atoms with Crippen LogP contribution in [0.2, 0.25) is 0 Å². The van der Waals surface area contributed by atoms with Crippen LogP contribution in [0, 0.1) is 0 Å². The first-order valence-electron chi connectivity index (χ1n) is 9.64. The summed E-state index contributed by atoms with van der Waals surface area (Å²) in [6.07, 6.45) is 1.18. The largest absolute Gasteiger partial charge is 0.545 e. The molecule has 1 N–H and O–H groups in total. The average Bonchev–Trinajstić information content (AvgIpc) is 3.45. The van der Waals surface area contributed by atoms with Gasteiger partial charge in [-0.3, -0.25) is 14.9 Å². The van der Waals surface area contributed by atoms with Crippen molar-refractivity contribution >= 4 is 35.6 Å². The normalized spacial score (nSPS) is 16.3. The summed E-state index contributed by atoms with van der Waals surface area (Å²) in [5.41, 5.74) is 0.0420. The molecule has 0 saturated carbocycles. The second-order valence-electron chi connectivity index (χ2n) is 7.03. The summed E-state index contributed by atoms with van der Waals surface area (Å²) in [4.78, 5) is 50.0. The molecule has 0 radical (unpaired) electrons. The highest BCUT2D eigenvalue weighted by Crippen LogP contribution is 2.36. The molecule has 0 bridgehead atoms. The number of aromatic carboxylic acids is 1. The molecule has 0 unspecified atom stereocenters. The maximum Gasteiger partial charge on any atom is 0.335 e. The molecule has 3 heterocycles. The maximum absolute atomic E-state index is 13.0. The minimum Gasteiger partial charge on any atom is -0.545 e. The Morgan fingerprint density at radius 3 is 2.61 bits per heavy atom. The number of urea groups is 1. The zero-order chi connectivity index (χ0) is 23.1. The van der Waals surface area contributed by atoms with Crippen molar-refractivity contribution in [2.45, 2.75) is 0 Å². The van der Waals surface area contributed by atoms with Crippen LogP contribution in [-0.2, 0) is 9.59 Å². The summed E-state index contributed by atoms with van der Waals surface area (Å²) in [5.74, 6) is -1.99. The van der Waals surface area contributed by atoms with Gasteiger partial charge in [0.15, 0.2) is 11.5 Å². The molecule has 3 aromatic rings. The van der Waals surface area contributed by atoms with Gasteiger partial charge < -0.3 is 23.8 Å². The molecule has 1 aromatic heterocycles. The summed E-state index contributed by atoms with van der Waals surface area (Å²) in [5, 5.41) is 13.5. The van der Waals surface area contributed by atoms with Crippen LogP contribution in [-0.4, -0.2) is 30.6 Å². The number of imide groups is 2. The molecular formula is C23H13N2O8-. The third-order valence-corrected chi connectivity index (χ3v) is 5.04. The van der Waals surface area contributed by atoms with Gasteiger partial charge in [-0.05, 0) is 30.3 Å². The number of fused-ring (bicyclic) bond motifs is 1. The molecular weight excluding hydrogens is 432 g/mol. The van der Waals surface area contributed by atoms with Crippen molar-refractivity contribution in [1.29, 1.82) is 0 Å². The van der Waals surface area contributed by atoms with Gasteiger partial charge in [0.1, 0.15) is 17.1 Å². The highest BCUT2D eigenvalue weighted by atomic mass is 16.7. The molecule has 0 atom stereocenters. The Kier molecular flexibility index (Phi) is 4.67. The van der Waals surface area contributed by atoms with Crippen LogP contribution in [0.4, 0.5) is 10.5 Å². The van der Waals surface area contributed by atoms with E-state index in [1.807, 2.05) is 0 Å². The maximum atomic E-state index is 13.0. The minimum atomic E-state index is -1.37. The van der Waals surface area contributed by atoms with Gasteiger partial charge in [-0.25, -0.2) is 9.69 Å². The number of furan rings is 1. The Hall–Kier alpha value is -4.86. The minimum absolute atomic E-state index is 0.0183. The number of anilines is 1. The quantitative estimate of drug-likeness (QED) is 0.473. The zero-order valence-electron chi connectivity index (χ0n) is 16.7. The van der Waals surface area contributed by atoms with E-state index in [-0.39, 0.29) is 40.7 Å². The van der Waals surface area contributed by atoms with Gasteiger partial charge >= 0.3 is 6.03 Å². The molecule has 1 fully saturated rings. The molecule has 10 nitrogen and oxygen atoms in total. The van der Waals surface area contributed by atoms with Gasteiger partial charge in [0, 0.05) is 17.2 Å². The first kappa shape index (κ1) is 20.1. The second kappa shape index (κ2) is 7.68. The van der Waals surface area contributed by atoms with Crippen LogP contribution in [0.25, 0.3) is 17.4 Å². The van der Waals surface area contributed by atoms with E-state index >= 15 is 0 Å².